The molecule has 0 saturated heterocycles. The predicted molar refractivity (Wildman–Crippen MR) is 248 cm³/mol. The number of aliphatic hydroxyl groups is 2. The fraction of sp³-hybridized carbons (Fsp3) is 0.673. The summed E-state index contributed by atoms with van der Waals surface area (Å²) in [6.45, 7) is 4.21. The van der Waals surface area contributed by atoms with Gasteiger partial charge < -0.3 is 15.5 Å². The molecule has 0 aliphatic heterocycles. The van der Waals surface area contributed by atoms with Gasteiger partial charge in [0.15, 0.2) is 0 Å². The zero-order valence-electron chi connectivity index (χ0n) is 36.6. The number of carbonyl (C=O) groups is 1. The number of nitrogens with one attached hydrogen (secondary N) is 1. The fourth-order valence-corrected chi connectivity index (χ4v) is 6.55. The van der Waals surface area contributed by atoms with Gasteiger partial charge in [0.05, 0.1) is 18.8 Å². The highest BCUT2D eigenvalue weighted by Gasteiger charge is 2.20. The lowest BCUT2D eigenvalue weighted by Gasteiger charge is -2.22. The summed E-state index contributed by atoms with van der Waals surface area (Å²) in [6, 6.07) is -0.542. The van der Waals surface area contributed by atoms with Gasteiger partial charge in [-0.15, -0.1) is 0 Å². The van der Waals surface area contributed by atoms with Crippen molar-refractivity contribution in [2.45, 2.75) is 219 Å². The van der Waals surface area contributed by atoms with Crippen LogP contribution in [0.4, 0.5) is 0 Å². The van der Waals surface area contributed by atoms with Crippen LogP contribution in [0.15, 0.2) is 97.2 Å². The molecule has 0 aliphatic rings. The standard InChI is InChI=1S/C52H89NO3/c1-3-5-7-9-11-13-14-15-16-17-18-19-20-21-22-23-24-25-26-27-28-29-30-31-32-33-34-35-36-37-38-40-42-44-46-48-52(56)53-50(49-54)51(55)47-45-43-41-39-12-10-8-6-4-2/h5,7,11,13,15-16,18-19,21-22,24-25,27-28,30-31,50-51,54-55H,3-4,6,8-10,12,14,17,20,23,26,29,32-49H2,1-2H3,(H,53,56)/b7-5-,13-11-,16-15-,19-18-,22-21-,25-24-,28-27-,31-30-. The Hall–Kier alpha value is -2.69. The average Bonchev–Trinajstić information content (AvgIpc) is 3.20. The molecule has 56 heavy (non-hydrogen) atoms. The van der Waals surface area contributed by atoms with Crippen molar-refractivity contribution < 1.29 is 15.0 Å². The van der Waals surface area contributed by atoms with Crippen LogP contribution in [0, 0.1) is 0 Å². The van der Waals surface area contributed by atoms with Crippen LogP contribution in [0.3, 0.4) is 0 Å². The van der Waals surface area contributed by atoms with Crippen molar-refractivity contribution in [3.63, 3.8) is 0 Å². The molecular weight excluding hydrogens is 687 g/mol. The van der Waals surface area contributed by atoms with Gasteiger partial charge in [0.2, 0.25) is 5.91 Å². The monoisotopic (exact) mass is 776 g/mol. The third-order valence-corrected chi connectivity index (χ3v) is 10.1. The van der Waals surface area contributed by atoms with Crippen LogP contribution < -0.4 is 5.32 Å². The minimum Gasteiger partial charge on any atom is -0.394 e. The summed E-state index contributed by atoms with van der Waals surface area (Å²) in [4.78, 5) is 12.4. The maximum atomic E-state index is 12.4. The fourth-order valence-electron chi connectivity index (χ4n) is 6.55. The number of aliphatic hydroxyl groups excluding tert-OH is 2. The van der Waals surface area contributed by atoms with Crippen molar-refractivity contribution in [3.8, 4) is 0 Å². The topological polar surface area (TPSA) is 69.6 Å². The number of rotatable bonds is 41. The molecule has 0 radical (unpaired) electrons. The molecular formula is C52H89NO3. The third-order valence-electron chi connectivity index (χ3n) is 10.1. The van der Waals surface area contributed by atoms with E-state index in [4.69, 9.17) is 0 Å². The molecule has 1 amide bonds. The number of allylic oxidation sites excluding steroid dienone is 16. The number of hydrogen-bond acceptors (Lipinski definition) is 3. The molecule has 0 aromatic carbocycles. The first-order valence-corrected chi connectivity index (χ1v) is 23.4. The van der Waals surface area contributed by atoms with Gasteiger partial charge in [-0.05, 0) is 77.0 Å². The van der Waals surface area contributed by atoms with Gasteiger partial charge in [0.1, 0.15) is 0 Å². The Balaban J connectivity index is 3.57. The van der Waals surface area contributed by atoms with Crippen LogP contribution in [-0.4, -0.2) is 34.9 Å². The van der Waals surface area contributed by atoms with E-state index in [1.54, 1.807) is 0 Å². The first-order chi connectivity index (χ1) is 27.7. The summed E-state index contributed by atoms with van der Waals surface area (Å²) in [5, 5.41) is 23.0. The molecule has 0 aromatic rings. The lowest BCUT2D eigenvalue weighted by Crippen LogP contribution is -2.45. The van der Waals surface area contributed by atoms with Crippen LogP contribution in [0.25, 0.3) is 0 Å². The van der Waals surface area contributed by atoms with E-state index in [1.165, 1.54) is 103 Å². The van der Waals surface area contributed by atoms with Gasteiger partial charge in [-0.2, -0.15) is 0 Å². The van der Waals surface area contributed by atoms with E-state index in [2.05, 4.69) is 116 Å². The second-order valence-electron chi connectivity index (χ2n) is 15.4. The first-order valence-electron chi connectivity index (χ1n) is 23.4. The molecule has 2 unspecified atom stereocenters. The molecule has 0 spiro atoms. The number of hydrogen-bond donors (Lipinski definition) is 3. The highest BCUT2D eigenvalue weighted by molar-refractivity contribution is 5.76. The normalized spacial score (nSPS) is 13.9. The summed E-state index contributed by atoms with van der Waals surface area (Å²) in [5.41, 5.74) is 0. The van der Waals surface area contributed by atoms with Crippen LogP contribution in [0.2, 0.25) is 0 Å². The van der Waals surface area contributed by atoms with Crippen LogP contribution in [0.1, 0.15) is 206 Å². The number of carbonyl (C=O) groups excluding carboxylic acids is 1. The minimum atomic E-state index is -0.664. The Bertz CT molecular complexity index is 1060. The van der Waals surface area contributed by atoms with Crippen molar-refractivity contribution in [2.75, 3.05) is 6.61 Å². The van der Waals surface area contributed by atoms with Crippen molar-refractivity contribution in [2.24, 2.45) is 0 Å². The Labute approximate surface area is 347 Å². The summed E-state index contributed by atoms with van der Waals surface area (Å²) in [7, 11) is 0. The van der Waals surface area contributed by atoms with Crippen molar-refractivity contribution in [1.82, 2.24) is 5.32 Å². The van der Waals surface area contributed by atoms with Crippen molar-refractivity contribution in [3.05, 3.63) is 97.2 Å². The molecule has 3 N–H and O–H groups in total. The minimum absolute atomic E-state index is 0.0432. The quantitative estimate of drug-likeness (QED) is 0.0428. The molecule has 4 heteroatoms. The lowest BCUT2D eigenvalue weighted by molar-refractivity contribution is -0.123. The number of amides is 1. The predicted octanol–water partition coefficient (Wildman–Crippen LogP) is 15.0. The Kier molecular flexibility index (Phi) is 44.4. The number of unbranched alkanes of at least 4 members (excludes halogenated alkanes) is 18. The largest absolute Gasteiger partial charge is 0.394 e. The Morgan fingerprint density at radius 2 is 0.786 bits per heavy atom. The van der Waals surface area contributed by atoms with Crippen molar-refractivity contribution >= 4 is 5.91 Å². The Morgan fingerprint density at radius 1 is 0.446 bits per heavy atom. The summed E-state index contributed by atoms with van der Waals surface area (Å²) < 4.78 is 0. The van der Waals surface area contributed by atoms with E-state index in [0.717, 1.165) is 77.0 Å². The van der Waals surface area contributed by atoms with Gasteiger partial charge >= 0.3 is 0 Å². The van der Waals surface area contributed by atoms with Crippen LogP contribution in [0.5, 0.6) is 0 Å². The second kappa shape index (κ2) is 46.7. The smallest absolute Gasteiger partial charge is 0.220 e. The third kappa shape index (κ3) is 42.5. The first kappa shape index (κ1) is 53.3. The van der Waals surface area contributed by atoms with Gasteiger partial charge in [0, 0.05) is 6.42 Å². The van der Waals surface area contributed by atoms with E-state index < -0.39 is 12.1 Å². The SMILES string of the molecule is CC/C=C\C/C=C\C/C=C\C/C=C\C/C=C\C/C=C\C/C=C\C/C=C\CCCCCCCCCCCCC(=O)NC(CO)C(O)CCCCCCCCCCC. The molecule has 0 rings (SSSR count). The zero-order chi connectivity index (χ0) is 40.7. The molecule has 0 heterocycles. The van der Waals surface area contributed by atoms with Gasteiger partial charge in [-0.3, -0.25) is 4.79 Å². The van der Waals surface area contributed by atoms with Crippen molar-refractivity contribution in [1.29, 1.82) is 0 Å². The molecule has 4 nitrogen and oxygen atoms in total. The zero-order valence-corrected chi connectivity index (χ0v) is 36.6. The second-order valence-corrected chi connectivity index (χ2v) is 15.4. The van der Waals surface area contributed by atoms with Gasteiger partial charge in [-0.1, -0.05) is 220 Å². The average molecular weight is 776 g/mol. The van der Waals surface area contributed by atoms with E-state index in [9.17, 15) is 15.0 Å². The highest BCUT2D eigenvalue weighted by atomic mass is 16.3. The molecule has 0 aliphatic carbocycles. The van der Waals surface area contributed by atoms with E-state index in [-0.39, 0.29) is 12.5 Å². The molecule has 0 bridgehead atoms. The van der Waals surface area contributed by atoms with E-state index >= 15 is 0 Å². The molecule has 0 saturated carbocycles. The van der Waals surface area contributed by atoms with Crippen LogP contribution in [-0.2, 0) is 4.79 Å². The lowest BCUT2D eigenvalue weighted by atomic mass is 10.0. The van der Waals surface area contributed by atoms with Gasteiger partial charge in [0.25, 0.3) is 0 Å². The maximum Gasteiger partial charge on any atom is 0.220 e. The molecule has 0 fully saturated rings. The summed E-state index contributed by atoms with van der Waals surface area (Å²) in [6.07, 6.45) is 69.3. The van der Waals surface area contributed by atoms with E-state index in [0.29, 0.717) is 12.8 Å². The summed E-state index contributed by atoms with van der Waals surface area (Å²) in [5.74, 6) is -0.0432. The van der Waals surface area contributed by atoms with Gasteiger partial charge in [-0.25, -0.2) is 0 Å². The Morgan fingerprint density at radius 3 is 1.18 bits per heavy atom. The molecule has 2 atom stereocenters. The molecule has 0 aromatic heterocycles. The van der Waals surface area contributed by atoms with Crippen LogP contribution >= 0.6 is 0 Å². The summed E-state index contributed by atoms with van der Waals surface area (Å²) >= 11 is 0. The highest BCUT2D eigenvalue weighted by Crippen LogP contribution is 2.14. The maximum absolute atomic E-state index is 12.4. The van der Waals surface area contributed by atoms with E-state index in [1.807, 2.05) is 0 Å². The molecule has 320 valence electrons.